The van der Waals surface area contributed by atoms with Crippen molar-refractivity contribution in [3.05, 3.63) is 76.0 Å². The Bertz CT molecular complexity index is 916. The van der Waals surface area contributed by atoms with E-state index in [9.17, 15) is 9.59 Å². The minimum atomic E-state index is -0.494. The van der Waals surface area contributed by atoms with Gasteiger partial charge in [-0.1, -0.05) is 30.3 Å². The van der Waals surface area contributed by atoms with E-state index in [4.69, 9.17) is 0 Å². The highest BCUT2D eigenvalue weighted by molar-refractivity contribution is 5.93. The molecule has 1 aromatic carbocycles. The van der Waals surface area contributed by atoms with E-state index >= 15 is 0 Å². The number of H-pyrrole nitrogens is 1. The number of hydrogen-bond donors (Lipinski definition) is 2. The monoisotopic (exact) mass is 338 g/mol. The topological polar surface area (TPSA) is 106 Å². The summed E-state index contributed by atoms with van der Waals surface area (Å²) < 4.78 is 1.88. The average Bonchev–Trinajstić information content (AvgIpc) is 3.06. The Morgan fingerprint density at radius 1 is 1.28 bits per heavy atom. The van der Waals surface area contributed by atoms with Crippen molar-refractivity contribution in [1.82, 2.24) is 30.0 Å². The van der Waals surface area contributed by atoms with Gasteiger partial charge in [0.15, 0.2) is 5.82 Å². The summed E-state index contributed by atoms with van der Waals surface area (Å²) in [6.07, 6.45) is 3.73. The first kappa shape index (κ1) is 16.6. The molecule has 2 aromatic heterocycles. The molecule has 25 heavy (non-hydrogen) atoms. The first-order valence-corrected chi connectivity index (χ1v) is 7.88. The van der Waals surface area contributed by atoms with Crippen LogP contribution >= 0.6 is 0 Å². The van der Waals surface area contributed by atoms with Crippen LogP contribution in [-0.2, 0) is 19.5 Å². The van der Waals surface area contributed by atoms with E-state index in [2.05, 4.69) is 37.6 Å². The zero-order valence-corrected chi connectivity index (χ0v) is 13.8. The molecule has 8 nitrogen and oxygen atoms in total. The van der Waals surface area contributed by atoms with E-state index in [1.807, 2.05) is 22.8 Å². The smallest absolute Gasteiger partial charge is 0.263 e. The predicted molar refractivity (Wildman–Crippen MR) is 90.9 cm³/mol. The molecule has 0 spiro atoms. The molecule has 1 amide bonds. The first-order valence-electron chi connectivity index (χ1n) is 7.88. The van der Waals surface area contributed by atoms with E-state index in [0.29, 0.717) is 18.2 Å². The third-order valence-corrected chi connectivity index (χ3v) is 3.76. The highest BCUT2D eigenvalue weighted by Crippen LogP contribution is 2.03. The number of hydrogen-bond acceptors (Lipinski definition) is 5. The Labute approximate surface area is 144 Å². The van der Waals surface area contributed by atoms with Gasteiger partial charge in [0.05, 0.1) is 6.54 Å². The lowest BCUT2D eigenvalue weighted by atomic mass is 10.1. The molecule has 128 valence electrons. The molecule has 0 saturated carbocycles. The van der Waals surface area contributed by atoms with Crippen LogP contribution in [0.5, 0.6) is 0 Å². The molecule has 0 saturated heterocycles. The number of nitrogens with zero attached hydrogens (tertiary/aromatic N) is 4. The van der Waals surface area contributed by atoms with E-state index in [1.54, 1.807) is 13.3 Å². The fourth-order valence-electron chi connectivity index (χ4n) is 2.40. The van der Waals surface area contributed by atoms with Crippen LogP contribution in [0.25, 0.3) is 0 Å². The quantitative estimate of drug-likeness (QED) is 0.693. The van der Waals surface area contributed by atoms with Crippen LogP contribution in [0.3, 0.4) is 0 Å². The van der Waals surface area contributed by atoms with Crippen molar-refractivity contribution in [2.75, 3.05) is 0 Å². The Balaban J connectivity index is 1.61. The van der Waals surface area contributed by atoms with Crippen LogP contribution in [0.2, 0.25) is 0 Å². The van der Waals surface area contributed by atoms with Crippen molar-refractivity contribution in [2.45, 2.75) is 26.4 Å². The van der Waals surface area contributed by atoms with Gasteiger partial charge in [0, 0.05) is 12.7 Å². The minimum absolute atomic E-state index is 0.0269. The minimum Gasteiger partial charge on any atom is -0.345 e. The third kappa shape index (κ3) is 4.17. The molecule has 0 unspecified atom stereocenters. The van der Waals surface area contributed by atoms with Crippen molar-refractivity contribution >= 4 is 5.91 Å². The van der Waals surface area contributed by atoms with Gasteiger partial charge in [-0.3, -0.25) is 9.59 Å². The highest BCUT2D eigenvalue weighted by atomic mass is 16.2. The fraction of sp³-hybridized carbons (Fsp3) is 0.235. The highest BCUT2D eigenvalue weighted by Gasteiger charge is 2.12. The van der Waals surface area contributed by atoms with Crippen LogP contribution < -0.4 is 10.9 Å². The number of nitrogens with one attached hydrogen (secondary N) is 2. The average molecular weight is 338 g/mol. The molecule has 0 radical (unpaired) electrons. The Morgan fingerprint density at radius 3 is 2.84 bits per heavy atom. The number of carbonyl (C=O) groups excluding carboxylic acids is 1. The Hall–Kier alpha value is -3.29. The summed E-state index contributed by atoms with van der Waals surface area (Å²) >= 11 is 0. The molecule has 8 heteroatoms. The SMILES string of the molecule is Cc1ncc(C(=O)NCc2nncn2CCc2ccccc2)c(=O)[nH]1. The molecule has 0 aliphatic heterocycles. The van der Waals surface area contributed by atoms with Gasteiger partial charge in [-0.25, -0.2) is 4.98 Å². The normalized spacial score (nSPS) is 10.6. The first-order chi connectivity index (χ1) is 12.1. The van der Waals surface area contributed by atoms with E-state index < -0.39 is 11.5 Å². The van der Waals surface area contributed by atoms with Gasteiger partial charge in [-0.15, -0.1) is 10.2 Å². The van der Waals surface area contributed by atoms with Gasteiger partial charge in [0.1, 0.15) is 17.7 Å². The second kappa shape index (κ2) is 7.52. The summed E-state index contributed by atoms with van der Waals surface area (Å²) in [5.74, 6) is 0.592. The van der Waals surface area contributed by atoms with Crippen LogP contribution in [-0.4, -0.2) is 30.6 Å². The molecule has 3 aromatic rings. The summed E-state index contributed by atoms with van der Waals surface area (Å²) in [4.78, 5) is 30.4. The van der Waals surface area contributed by atoms with Crippen LogP contribution in [0, 0.1) is 6.92 Å². The summed E-state index contributed by atoms with van der Waals surface area (Å²) in [5.41, 5.74) is 0.722. The lowest BCUT2D eigenvalue weighted by Gasteiger charge is -2.08. The molecule has 2 heterocycles. The van der Waals surface area contributed by atoms with Crippen LogP contribution in [0.1, 0.15) is 27.6 Å². The number of benzene rings is 1. The van der Waals surface area contributed by atoms with Crippen LogP contribution in [0.15, 0.2) is 47.7 Å². The molecule has 0 aliphatic rings. The molecule has 2 N–H and O–H groups in total. The van der Waals surface area contributed by atoms with Crippen LogP contribution in [0.4, 0.5) is 0 Å². The molecule has 0 bridgehead atoms. The zero-order chi connectivity index (χ0) is 17.6. The summed E-state index contributed by atoms with van der Waals surface area (Å²) in [5, 5.41) is 10.6. The fourth-order valence-corrected chi connectivity index (χ4v) is 2.40. The number of aromatic amines is 1. The standard InChI is InChI=1S/C17H18N6O2/c1-12-18-9-14(17(25)21-12)16(24)19-10-15-22-20-11-23(15)8-7-13-5-3-2-4-6-13/h2-6,9,11H,7-8,10H2,1H3,(H,19,24)(H,18,21,25). The van der Waals surface area contributed by atoms with E-state index in [0.717, 1.165) is 6.42 Å². The lowest BCUT2D eigenvalue weighted by Crippen LogP contribution is -2.30. The second-order valence-electron chi connectivity index (χ2n) is 5.57. The van der Waals surface area contributed by atoms with Crippen molar-refractivity contribution in [2.24, 2.45) is 0 Å². The summed E-state index contributed by atoms with van der Waals surface area (Å²) in [6.45, 7) is 2.54. The van der Waals surface area contributed by atoms with Crippen molar-refractivity contribution in [3.8, 4) is 0 Å². The Kier molecular flexibility index (Phi) is 4.98. The molecule has 0 fully saturated rings. The number of amides is 1. The van der Waals surface area contributed by atoms with Crippen molar-refractivity contribution < 1.29 is 4.79 Å². The van der Waals surface area contributed by atoms with Gasteiger partial charge in [-0.05, 0) is 18.9 Å². The van der Waals surface area contributed by atoms with E-state index in [-0.39, 0.29) is 12.1 Å². The molecule has 0 aliphatic carbocycles. The van der Waals surface area contributed by atoms with E-state index in [1.165, 1.54) is 11.8 Å². The Morgan fingerprint density at radius 2 is 2.08 bits per heavy atom. The lowest BCUT2D eigenvalue weighted by molar-refractivity contribution is 0.0947. The maximum atomic E-state index is 12.1. The largest absolute Gasteiger partial charge is 0.345 e. The predicted octanol–water partition coefficient (Wildman–Crippen LogP) is 0.843. The van der Waals surface area contributed by atoms with Gasteiger partial charge in [0.25, 0.3) is 11.5 Å². The van der Waals surface area contributed by atoms with Gasteiger partial charge >= 0.3 is 0 Å². The number of aromatic nitrogens is 5. The third-order valence-electron chi connectivity index (χ3n) is 3.76. The maximum Gasteiger partial charge on any atom is 0.263 e. The summed E-state index contributed by atoms with van der Waals surface area (Å²) in [7, 11) is 0. The number of aryl methyl sites for hydroxylation is 3. The molecule has 0 atom stereocenters. The van der Waals surface area contributed by atoms with Gasteiger partial charge < -0.3 is 14.9 Å². The summed E-state index contributed by atoms with van der Waals surface area (Å²) in [6, 6.07) is 10.1. The second-order valence-corrected chi connectivity index (χ2v) is 5.57. The van der Waals surface area contributed by atoms with Crippen molar-refractivity contribution in [3.63, 3.8) is 0 Å². The number of rotatable bonds is 6. The van der Waals surface area contributed by atoms with Gasteiger partial charge in [-0.2, -0.15) is 0 Å². The molecule has 3 rings (SSSR count). The van der Waals surface area contributed by atoms with Gasteiger partial charge in [0.2, 0.25) is 0 Å². The molecular formula is C17H18N6O2. The number of carbonyl (C=O) groups is 1. The zero-order valence-electron chi connectivity index (χ0n) is 13.8. The molecular weight excluding hydrogens is 320 g/mol. The van der Waals surface area contributed by atoms with Crippen molar-refractivity contribution in [1.29, 1.82) is 0 Å². The maximum absolute atomic E-state index is 12.1.